The Bertz CT molecular complexity index is 647. The van der Waals surface area contributed by atoms with Gasteiger partial charge in [0, 0.05) is 31.4 Å². The number of likely N-dealkylation sites (tertiary alicyclic amines) is 1. The highest BCUT2D eigenvalue weighted by molar-refractivity contribution is 7.13. The first-order valence-electron chi connectivity index (χ1n) is 9.63. The van der Waals surface area contributed by atoms with E-state index in [1.165, 1.54) is 5.57 Å². The molecule has 0 aromatic carbocycles. The minimum Gasteiger partial charge on any atom is -0.378 e. The van der Waals surface area contributed by atoms with Gasteiger partial charge in [-0.25, -0.2) is 4.98 Å². The Morgan fingerprint density at radius 3 is 2.88 bits per heavy atom. The number of hydrogen-bond donors (Lipinski definition) is 0. The highest BCUT2D eigenvalue weighted by atomic mass is 32.1. The number of amides is 1. The lowest BCUT2D eigenvalue weighted by molar-refractivity contribution is -0.138. The molecule has 1 aromatic rings. The van der Waals surface area contributed by atoms with Crippen LogP contribution in [0, 0.1) is 5.41 Å². The molecule has 1 amide bonds. The van der Waals surface area contributed by atoms with Crippen molar-refractivity contribution < 1.29 is 9.53 Å². The van der Waals surface area contributed by atoms with E-state index in [1.54, 1.807) is 11.3 Å². The largest absolute Gasteiger partial charge is 0.378 e. The van der Waals surface area contributed by atoms with Crippen molar-refractivity contribution in [2.45, 2.75) is 53.0 Å². The third-order valence-corrected chi connectivity index (χ3v) is 6.29. The number of thiazole rings is 1. The molecule has 0 aliphatic carbocycles. The van der Waals surface area contributed by atoms with E-state index in [0.717, 1.165) is 62.9 Å². The first-order valence-corrected chi connectivity index (χ1v) is 10.5. The molecule has 3 rings (SSSR count). The molecular formula is C20H31N3O2S. The van der Waals surface area contributed by atoms with Gasteiger partial charge in [-0.15, -0.1) is 11.3 Å². The molecule has 2 aliphatic heterocycles. The quantitative estimate of drug-likeness (QED) is 0.706. The van der Waals surface area contributed by atoms with Gasteiger partial charge in [-0.3, -0.25) is 4.79 Å². The average molecular weight is 378 g/mol. The lowest BCUT2D eigenvalue weighted by Crippen LogP contribution is -2.44. The Balaban J connectivity index is 1.60. The van der Waals surface area contributed by atoms with Crippen molar-refractivity contribution >= 4 is 22.4 Å². The fraction of sp³-hybridized carbons (Fsp3) is 0.700. The van der Waals surface area contributed by atoms with Crippen LogP contribution >= 0.6 is 11.3 Å². The second-order valence-electron chi connectivity index (χ2n) is 8.10. The van der Waals surface area contributed by atoms with Crippen LogP contribution in [0.4, 0.5) is 5.13 Å². The smallest absolute Gasteiger partial charge is 0.222 e. The maximum absolute atomic E-state index is 12.4. The number of rotatable bonds is 6. The van der Waals surface area contributed by atoms with Crippen LogP contribution < -0.4 is 4.90 Å². The number of allylic oxidation sites excluding steroid dienone is 2. The molecule has 0 unspecified atom stereocenters. The number of carbonyl (C=O) groups is 1. The van der Waals surface area contributed by atoms with E-state index < -0.39 is 0 Å². The van der Waals surface area contributed by atoms with Crippen LogP contribution in [0.3, 0.4) is 0 Å². The number of hydrogen-bond acceptors (Lipinski definition) is 5. The van der Waals surface area contributed by atoms with Gasteiger partial charge < -0.3 is 14.5 Å². The second kappa shape index (κ2) is 8.53. The fourth-order valence-corrected chi connectivity index (χ4v) is 4.59. The summed E-state index contributed by atoms with van der Waals surface area (Å²) in [5, 5.41) is 3.16. The minimum absolute atomic E-state index is 0.211. The summed E-state index contributed by atoms with van der Waals surface area (Å²) in [6, 6.07) is 0. The molecule has 0 saturated carbocycles. The number of piperidine rings is 1. The molecule has 0 N–H and O–H groups in total. The van der Waals surface area contributed by atoms with Crippen LogP contribution in [-0.4, -0.2) is 48.6 Å². The molecule has 5 nitrogen and oxygen atoms in total. The Morgan fingerprint density at radius 1 is 1.38 bits per heavy atom. The molecule has 1 aromatic heterocycles. The summed E-state index contributed by atoms with van der Waals surface area (Å²) < 4.78 is 5.41. The average Bonchev–Trinajstić information content (AvgIpc) is 3.07. The predicted molar refractivity (Wildman–Crippen MR) is 107 cm³/mol. The van der Waals surface area contributed by atoms with Crippen LogP contribution in [0.25, 0.3) is 0 Å². The van der Waals surface area contributed by atoms with Crippen molar-refractivity contribution in [2.24, 2.45) is 5.41 Å². The van der Waals surface area contributed by atoms with Gasteiger partial charge >= 0.3 is 0 Å². The zero-order valence-corrected chi connectivity index (χ0v) is 17.1. The Hall–Kier alpha value is -1.40. The summed E-state index contributed by atoms with van der Waals surface area (Å²) in [4.78, 5) is 21.5. The van der Waals surface area contributed by atoms with Gasteiger partial charge in [-0.2, -0.15) is 0 Å². The van der Waals surface area contributed by atoms with Gasteiger partial charge in [0.05, 0.1) is 25.5 Å². The molecule has 2 fully saturated rings. The lowest BCUT2D eigenvalue weighted by atomic mass is 9.77. The molecule has 1 atom stereocenters. The van der Waals surface area contributed by atoms with Crippen molar-refractivity contribution in [2.75, 3.05) is 37.7 Å². The maximum Gasteiger partial charge on any atom is 0.222 e. The van der Waals surface area contributed by atoms with Crippen LogP contribution in [-0.2, 0) is 16.1 Å². The summed E-state index contributed by atoms with van der Waals surface area (Å²) in [7, 11) is 0. The summed E-state index contributed by atoms with van der Waals surface area (Å²) in [5.41, 5.74) is 2.59. The van der Waals surface area contributed by atoms with Crippen molar-refractivity contribution in [1.82, 2.24) is 9.88 Å². The van der Waals surface area contributed by atoms with Gasteiger partial charge in [-0.1, -0.05) is 18.6 Å². The van der Waals surface area contributed by atoms with Gasteiger partial charge in [0.15, 0.2) is 5.13 Å². The monoisotopic (exact) mass is 377 g/mol. The number of anilines is 1. The van der Waals surface area contributed by atoms with Crippen LogP contribution in [0.1, 0.15) is 52.1 Å². The van der Waals surface area contributed by atoms with Crippen LogP contribution in [0.5, 0.6) is 0 Å². The van der Waals surface area contributed by atoms with E-state index in [0.29, 0.717) is 13.0 Å². The van der Waals surface area contributed by atoms with E-state index in [1.807, 2.05) is 4.90 Å². The molecule has 6 heteroatoms. The molecule has 0 radical (unpaired) electrons. The van der Waals surface area contributed by atoms with Gasteiger partial charge in [0.2, 0.25) is 5.91 Å². The number of ether oxygens (including phenoxy) is 1. The normalized spacial score (nSPS) is 24.0. The number of aromatic nitrogens is 1. The van der Waals surface area contributed by atoms with Crippen molar-refractivity contribution in [3.05, 3.63) is 22.7 Å². The minimum atomic E-state index is 0.211. The first-order chi connectivity index (χ1) is 12.5. The summed E-state index contributed by atoms with van der Waals surface area (Å²) in [6.07, 6.45) is 6.19. The molecule has 0 bridgehead atoms. The van der Waals surface area contributed by atoms with Crippen molar-refractivity contribution in [3.8, 4) is 0 Å². The number of carbonyl (C=O) groups excluding carboxylic acids is 1. The molecule has 3 heterocycles. The predicted octanol–water partition coefficient (Wildman–Crippen LogP) is 3.85. The van der Waals surface area contributed by atoms with Crippen LogP contribution in [0.2, 0.25) is 0 Å². The van der Waals surface area contributed by atoms with E-state index in [2.05, 4.69) is 37.1 Å². The van der Waals surface area contributed by atoms with Crippen molar-refractivity contribution in [3.63, 3.8) is 0 Å². The summed E-state index contributed by atoms with van der Waals surface area (Å²) in [6.45, 7) is 11.4. The Kier molecular flexibility index (Phi) is 6.35. The summed E-state index contributed by atoms with van der Waals surface area (Å²) in [5.74, 6) is 0.269. The standard InChI is InChI=1S/C20H31N3O2S/c1-16(2)5-4-7-20(3)8-6-18(24)23(15-20)13-17-14-26-19(21-17)22-9-11-25-12-10-22/h5,14H,4,6-13,15H2,1-3H3/t20-/m1/s1. The molecular weight excluding hydrogens is 346 g/mol. The molecule has 26 heavy (non-hydrogen) atoms. The maximum atomic E-state index is 12.4. The molecule has 2 saturated heterocycles. The zero-order valence-electron chi connectivity index (χ0n) is 16.3. The topological polar surface area (TPSA) is 45.7 Å². The van der Waals surface area contributed by atoms with E-state index in [9.17, 15) is 4.79 Å². The highest BCUT2D eigenvalue weighted by Crippen LogP contribution is 2.35. The van der Waals surface area contributed by atoms with E-state index in [4.69, 9.17) is 9.72 Å². The SMILES string of the molecule is CC(C)=CCC[C@]1(C)CCC(=O)N(Cc2csc(N3CCOCC3)n2)C1. The molecule has 2 aliphatic rings. The zero-order chi connectivity index (χ0) is 18.6. The van der Waals surface area contributed by atoms with Crippen LogP contribution in [0.15, 0.2) is 17.0 Å². The van der Waals surface area contributed by atoms with Gasteiger partial charge in [0.1, 0.15) is 0 Å². The fourth-order valence-electron chi connectivity index (χ4n) is 3.72. The lowest BCUT2D eigenvalue weighted by Gasteiger charge is -2.40. The third-order valence-electron chi connectivity index (χ3n) is 5.34. The highest BCUT2D eigenvalue weighted by Gasteiger charge is 2.34. The molecule has 0 spiro atoms. The Labute approximate surface area is 161 Å². The molecule has 144 valence electrons. The Morgan fingerprint density at radius 2 is 2.15 bits per heavy atom. The summed E-state index contributed by atoms with van der Waals surface area (Å²) >= 11 is 1.68. The third kappa shape index (κ3) is 5.07. The number of nitrogens with zero attached hydrogens (tertiary/aromatic N) is 3. The van der Waals surface area contributed by atoms with Gasteiger partial charge in [-0.05, 0) is 38.5 Å². The number of morpholine rings is 1. The van der Waals surface area contributed by atoms with E-state index >= 15 is 0 Å². The van der Waals surface area contributed by atoms with E-state index in [-0.39, 0.29) is 11.3 Å². The second-order valence-corrected chi connectivity index (χ2v) is 8.94. The first kappa shape index (κ1) is 19.4. The van der Waals surface area contributed by atoms with Gasteiger partial charge in [0.25, 0.3) is 0 Å². The van der Waals surface area contributed by atoms with Crippen molar-refractivity contribution in [1.29, 1.82) is 0 Å².